The van der Waals surface area contributed by atoms with Crippen LogP contribution >= 0.6 is 0 Å². The highest BCUT2D eigenvalue weighted by molar-refractivity contribution is 5.90. The second kappa shape index (κ2) is 9.03. The van der Waals surface area contributed by atoms with Crippen LogP contribution in [0.3, 0.4) is 0 Å². The van der Waals surface area contributed by atoms with Gasteiger partial charge < -0.3 is 20.2 Å². The minimum Gasteiger partial charge on any atom is -0.394 e. The summed E-state index contributed by atoms with van der Waals surface area (Å²) in [6.45, 7) is 2.30. The van der Waals surface area contributed by atoms with Gasteiger partial charge in [-0.05, 0) is 42.3 Å². The lowest BCUT2D eigenvalue weighted by atomic mass is 10.1. The van der Waals surface area contributed by atoms with E-state index in [1.54, 1.807) is 17.3 Å². The molecule has 0 spiro atoms. The van der Waals surface area contributed by atoms with E-state index >= 15 is 0 Å². The number of hydrogen-bond acceptors (Lipinski definition) is 4. The Morgan fingerprint density at radius 1 is 1.24 bits per heavy atom. The number of aliphatic hydroxyl groups excluding tert-OH is 1. The summed E-state index contributed by atoms with van der Waals surface area (Å²) in [5.74, 6) is 0. The van der Waals surface area contributed by atoms with Crippen LogP contribution in [-0.2, 0) is 6.54 Å². The molecule has 2 aromatic rings. The molecule has 1 aromatic carbocycles. The lowest BCUT2D eigenvalue weighted by Gasteiger charge is -2.30. The third-order valence-corrected chi connectivity index (χ3v) is 4.10. The van der Waals surface area contributed by atoms with Gasteiger partial charge in [0.05, 0.1) is 12.6 Å². The van der Waals surface area contributed by atoms with Crippen molar-refractivity contribution >= 4 is 17.4 Å². The first-order valence-corrected chi connectivity index (χ1v) is 8.40. The minimum atomic E-state index is -0.245. The molecule has 0 aliphatic rings. The number of aromatic nitrogens is 1. The van der Waals surface area contributed by atoms with E-state index < -0.39 is 0 Å². The van der Waals surface area contributed by atoms with Crippen molar-refractivity contribution in [3.63, 3.8) is 0 Å². The molecule has 25 heavy (non-hydrogen) atoms. The zero-order valence-corrected chi connectivity index (χ0v) is 15.0. The molecule has 0 bridgehead atoms. The van der Waals surface area contributed by atoms with Crippen LogP contribution in [0.25, 0.3) is 0 Å². The summed E-state index contributed by atoms with van der Waals surface area (Å²) in [6.07, 6.45) is 4.07. The smallest absolute Gasteiger partial charge is 0.322 e. The van der Waals surface area contributed by atoms with Crippen LogP contribution in [0.15, 0.2) is 48.8 Å². The van der Waals surface area contributed by atoms with Crippen molar-refractivity contribution in [1.29, 1.82) is 0 Å². The monoisotopic (exact) mass is 342 g/mol. The van der Waals surface area contributed by atoms with Gasteiger partial charge in [0, 0.05) is 44.4 Å². The lowest BCUT2D eigenvalue weighted by Crippen LogP contribution is -2.44. The Balaban J connectivity index is 2.18. The Bertz CT molecular complexity index is 672. The SMILES string of the molecule is CC[C@H](CO)N(Cc1ccncc1)C(=O)Nc1cccc(N(C)C)c1. The van der Waals surface area contributed by atoms with Gasteiger partial charge in [0.25, 0.3) is 0 Å². The molecular formula is C19H26N4O2. The second-order valence-electron chi connectivity index (χ2n) is 6.10. The molecule has 1 heterocycles. The van der Waals surface area contributed by atoms with E-state index in [4.69, 9.17) is 0 Å². The molecule has 0 radical (unpaired) electrons. The number of urea groups is 1. The van der Waals surface area contributed by atoms with Crippen LogP contribution in [0.2, 0.25) is 0 Å². The maximum Gasteiger partial charge on any atom is 0.322 e. The van der Waals surface area contributed by atoms with Crippen molar-refractivity contribution in [3.8, 4) is 0 Å². The summed E-state index contributed by atoms with van der Waals surface area (Å²) < 4.78 is 0. The molecule has 134 valence electrons. The van der Waals surface area contributed by atoms with Gasteiger partial charge >= 0.3 is 6.03 Å². The largest absolute Gasteiger partial charge is 0.394 e. The zero-order chi connectivity index (χ0) is 18.2. The van der Waals surface area contributed by atoms with Gasteiger partial charge in [-0.1, -0.05) is 13.0 Å². The normalized spacial score (nSPS) is 11.7. The molecule has 0 aliphatic carbocycles. The topological polar surface area (TPSA) is 68.7 Å². The number of rotatable bonds is 7. The number of benzene rings is 1. The third-order valence-electron chi connectivity index (χ3n) is 4.10. The number of anilines is 2. The summed E-state index contributed by atoms with van der Waals surface area (Å²) in [6, 6.07) is 10.9. The molecular weight excluding hydrogens is 316 g/mol. The summed E-state index contributed by atoms with van der Waals surface area (Å²) in [4.78, 5) is 20.5. The summed E-state index contributed by atoms with van der Waals surface area (Å²) >= 11 is 0. The molecule has 1 atom stereocenters. The van der Waals surface area contributed by atoms with Gasteiger partial charge in [0.2, 0.25) is 0 Å². The second-order valence-corrected chi connectivity index (χ2v) is 6.10. The van der Waals surface area contributed by atoms with Crippen molar-refractivity contribution in [2.75, 3.05) is 30.9 Å². The Morgan fingerprint density at radius 3 is 2.56 bits per heavy atom. The first kappa shape index (κ1) is 18.7. The number of carbonyl (C=O) groups excluding carboxylic acids is 1. The maximum absolute atomic E-state index is 12.8. The molecule has 2 rings (SSSR count). The predicted molar refractivity (Wildman–Crippen MR) is 101 cm³/mol. The molecule has 0 saturated carbocycles. The summed E-state index contributed by atoms with van der Waals surface area (Å²) in [7, 11) is 3.91. The van der Waals surface area contributed by atoms with Crippen molar-refractivity contribution < 1.29 is 9.90 Å². The number of nitrogens with one attached hydrogen (secondary N) is 1. The van der Waals surface area contributed by atoms with Crippen molar-refractivity contribution in [3.05, 3.63) is 54.4 Å². The molecule has 0 saturated heterocycles. The standard InChI is InChI=1S/C19H26N4O2/c1-4-17(14-24)23(13-15-8-10-20-11-9-15)19(25)21-16-6-5-7-18(12-16)22(2)3/h5-12,17,24H,4,13-14H2,1-3H3,(H,21,25)/t17-/m1/s1. The summed E-state index contributed by atoms with van der Waals surface area (Å²) in [5, 5.41) is 12.6. The number of pyridine rings is 1. The van der Waals surface area contributed by atoms with Crippen molar-refractivity contribution in [2.24, 2.45) is 0 Å². The van der Waals surface area contributed by atoms with Crippen LogP contribution in [0.5, 0.6) is 0 Å². The fourth-order valence-electron chi connectivity index (χ4n) is 2.56. The number of amides is 2. The lowest BCUT2D eigenvalue weighted by molar-refractivity contribution is 0.134. The Hall–Kier alpha value is -2.60. The predicted octanol–water partition coefficient (Wildman–Crippen LogP) is 2.95. The molecule has 6 heteroatoms. The average molecular weight is 342 g/mol. The van der Waals surface area contributed by atoms with Crippen molar-refractivity contribution in [1.82, 2.24) is 9.88 Å². The van der Waals surface area contributed by atoms with Crippen LogP contribution in [-0.4, -0.2) is 47.8 Å². The van der Waals surface area contributed by atoms with E-state index in [1.807, 2.05) is 62.3 Å². The minimum absolute atomic E-state index is 0.0766. The van der Waals surface area contributed by atoms with Gasteiger partial charge in [0.15, 0.2) is 0 Å². The molecule has 2 N–H and O–H groups in total. The number of carbonyl (C=O) groups is 1. The highest BCUT2D eigenvalue weighted by Crippen LogP contribution is 2.19. The van der Waals surface area contributed by atoms with E-state index in [2.05, 4.69) is 10.3 Å². The van der Waals surface area contributed by atoms with E-state index in [0.29, 0.717) is 13.0 Å². The molecule has 1 aromatic heterocycles. The van der Waals surface area contributed by atoms with Gasteiger partial charge in [-0.15, -0.1) is 0 Å². The van der Waals surface area contributed by atoms with E-state index in [1.165, 1.54) is 0 Å². The van der Waals surface area contributed by atoms with Crippen LogP contribution in [0, 0.1) is 0 Å². The van der Waals surface area contributed by atoms with Crippen LogP contribution in [0.1, 0.15) is 18.9 Å². The average Bonchev–Trinajstić information content (AvgIpc) is 2.63. The highest BCUT2D eigenvalue weighted by atomic mass is 16.3. The zero-order valence-electron chi connectivity index (χ0n) is 15.0. The highest BCUT2D eigenvalue weighted by Gasteiger charge is 2.22. The number of hydrogen-bond donors (Lipinski definition) is 2. The first-order valence-electron chi connectivity index (χ1n) is 8.40. The molecule has 0 aliphatic heterocycles. The maximum atomic E-state index is 12.8. The van der Waals surface area contributed by atoms with Gasteiger partial charge in [0.1, 0.15) is 0 Å². The van der Waals surface area contributed by atoms with Crippen LogP contribution < -0.4 is 10.2 Å². The van der Waals surface area contributed by atoms with E-state index in [-0.39, 0.29) is 18.7 Å². The molecule has 6 nitrogen and oxygen atoms in total. The molecule has 2 amide bonds. The first-order chi connectivity index (χ1) is 12.0. The van der Waals surface area contributed by atoms with Crippen molar-refractivity contribution in [2.45, 2.75) is 25.9 Å². The van der Waals surface area contributed by atoms with Gasteiger partial charge in [-0.3, -0.25) is 4.98 Å². The quantitative estimate of drug-likeness (QED) is 0.812. The fraction of sp³-hybridized carbons (Fsp3) is 0.368. The number of nitrogens with zero attached hydrogens (tertiary/aromatic N) is 3. The van der Waals surface area contributed by atoms with Gasteiger partial charge in [-0.25, -0.2) is 4.79 Å². The Labute approximate surface area is 149 Å². The Kier molecular flexibility index (Phi) is 6.77. The van der Waals surface area contributed by atoms with Crippen LogP contribution in [0.4, 0.5) is 16.2 Å². The summed E-state index contributed by atoms with van der Waals surface area (Å²) in [5.41, 5.74) is 2.70. The van der Waals surface area contributed by atoms with E-state index in [9.17, 15) is 9.90 Å². The molecule has 0 unspecified atom stereocenters. The van der Waals surface area contributed by atoms with Gasteiger partial charge in [-0.2, -0.15) is 0 Å². The Morgan fingerprint density at radius 2 is 1.96 bits per heavy atom. The van der Waals surface area contributed by atoms with E-state index in [0.717, 1.165) is 16.9 Å². The molecule has 0 fully saturated rings. The fourth-order valence-corrected chi connectivity index (χ4v) is 2.56. The third kappa shape index (κ3) is 5.19. The number of aliphatic hydroxyl groups is 1.